The highest BCUT2D eigenvalue weighted by atomic mass is 16.2. The van der Waals surface area contributed by atoms with Crippen LogP contribution in [-0.2, 0) is 9.59 Å². The minimum atomic E-state index is -0.0994. The summed E-state index contributed by atoms with van der Waals surface area (Å²) in [7, 11) is 0. The molecule has 1 saturated carbocycles. The number of imide groups is 1. The maximum Gasteiger partial charge on any atom is 0.230 e. The van der Waals surface area contributed by atoms with Gasteiger partial charge in [0, 0.05) is 12.3 Å². The van der Waals surface area contributed by atoms with Crippen molar-refractivity contribution in [2.45, 2.75) is 32.6 Å². The summed E-state index contributed by atoms with van der Waals surface area (Å²) in [5.74, 6) is 1.00. The lowest BCUT2D eigenvalue weighted by Crippen LogP contribution is -2.25. The predicted octanol–water partition coefficient (Wildman–Crippen LogP) is 1.09. The molecule has 1 aliphatic heterocycles. The third-order valence-electron chi connectivity index (χ3n) is 3.09. The molecule has 0 aromatic rings. The van der Waals surface area contributed by atoms with Crippen molar-refractivity contribution < 1.29 is 9.59 Å². The van der Waals surface area contributed by atoms with E-state index in [1.54, 1.807) is 0 Å². The molecule has 1 N–H and O–H groups in total. The maximum atomic E-state index is 11.3. The van der Waals surface area contributed by atoms with E-state index in [1.165, 1.54) is 12.8 Å². The van der Waals surface area contributed by atoms with E-state index in [0.29, 0.717) is 12.3 Å². The first-order chi connectivity index (χ1) is 6.16. The van der Waals surface area contributed by atoms with Gasteiger partial charge >= 0.3 is 0 Å². The Kier molecular flexibility index (Phi) is 2.10. The fourth-order valence-corrected chi connectivity index (χ4v) is 2.08. The van der Waals surface area contributed by atoms with E-state index in [1.807, 2.05) is 0 Å². The number of amides is 2. The summed E-state index contributed by atoms with van der Waals surface area (Å²) >= 11 is 0. The van der Waals surface area contributed by atoms with Gasteiger partial charge in [0.05, 0.1) is 0 Å². The molecule has 3 heteroatoms. The Hall–Kier alpha value is -0.860. The van der Waals surface area contributed by atoms with Crippen molar-refractivity contribution in [2.75, 3.05) is 0 Å². The van der Waals surface area contributed by atoms with Crippen molar-refractivity contribution in [2.24, 2.45) is 17.8 Å². The monoisotopic (exact) mass is 181 g/mol. The topological polar surface area (TPSA) is 46.2 Å². The van der Waals surface area contributed by atoms with Crippen LogP contribution < -0.4 is 5.32 Å². The van der Waals surface area contributed by atoms with Gasteiger partial charge in [-0.15, -0.1) is 0 Å². The summed E-state index contributed by atoms with van der Waals surface area (Å²) in [6.45, 7) is 2.08. The molecule has 0 aromatic heterocycles. The van der Waals surface area contributed by atoms with E-state index in [2.05, 4.69) is 12.2 Å². The van der Waals surface area contributed by atoms with Crippen LogP contribution >= 0.6 is 0 Å². The van der Waals surface area contributed by atoms with Crippen LogP contribution in [0, 0.1) is 17.8 Å². The largest absolute Gasteiger partial charge is 0.296 e. The van der Waals surface area contributed by atoms with Crippen LogP contribution in [0.15, 0.2) is 0 Å². The predicted molar refractivity (Wildman–Crippen MR) is 47.8 cm³/mol. The Bertz CT molecular complexity index is 245. The third kappa shape index (κ3) is 1.90. The Labute approximate surface area is 77.9 Å². The van der Waals surface area contributed by atoms with Crippen LogP contribution in [0.4, 0.5) is 0 Å². The molecule has 1 heterocycles. The molecule has 2 fully saturated rings. The fraction of sp³-hybridized carbons (Fsp3) is 0.800. The molecule has 72 valence electrons. The van der Waals surface area contributed by atoms with Crippen LogP contribution in [0.3, 0.4) is 0 Å². The Balaban J connectivity index is 1.90. The summed E-state index contributed by atoms with van der Waals surface area (Å²) in [5.41, 5.74) is 0. The van der Waals surface area contributed by atoms with Crippen molar-refractivity contribution in [1.29, 1.82) is 0 Å². The molecular formula is C10H15NO2. The molecule has 0 spiro atoms. The van der Waals surface area contributed by atoms with Crippen LogP contribution in [0.25, 0.3) is 0 Å². The van der Waals surface area contributed by atoms with Crippen molar-refractivity contribution >= 4 is 11.8 Å². The van der Waals surface area contributed by atoms with Gasteiger partial charge in [0.1, 0.15) is 0 Å². The average molecular weight is 181 g/mol. The lowest BCUT2D eigenvalue weighted by atomic mass is 9.88. The normalized spacial score (nSPS) is 30.4. The third-order valence-corrected chi connectivity index (χ3v) is 3.09. The second-order valence-electron chi connectivity index (χ2n) is 4.38. The van der Waals surface area contributed by atoms with E-state index in [9.17, 15) is 9.59 Å². The lowest BCUT2D eigenvalue weighted by Gasteiger charge is -2.14. The molecule has 2 rings (SSSR count). The Morgan fingerprint density at radius 3 is 2.62 bits per heavy atom. The lowest BCUT2D eigenvalue weighted by molar-refractivity contribution is -0.126. The molecule has 2 amide bonds. The van der Waals surface area contributed by atoms with Crippen LogP contribution in [0.2, 0.25) is 0 Å². The molecule has 0 aromatic carbocycles. The number of carbonyl (C=O) groups is 2. The van der Waals surface area contributed by atoms with Gasteiger partial charge in [-0.25, -0.2) is 0 Å². The van der Waals surface area contributed by atoms with Gasteiger partial charge in [0.15, 0.2) is 0 Å². The molecule has 1 aliphatic carbocycles. The number of hydrogen-bond donors (Lipinski definition) is 1. The zero-order chi connectivity index (χ0) is 9.42. The van der Waals surface area contributed by atoms with E-state index in [0.717, 1.165) is 12.3 Å². The summed E-state index contributed by atoms with van der Waals surface area (Å²) in [4.78, 5) is 22.2. The summed E-state index contributed by atoms with van der Waals surface area (Å²) in [5, 5.41) is 2.36. The van der Waals surface area contributed by atoms with Gasteiger partial charge in [0.2, 0.25) is 11.8 Å². The van der Waals surface area contributed by atoms with E-state index in [4.69, 9.17) is 0 Å². The molecule has 0 bridgehead atoms. The quantitative estimate of drug-likeness (QED) is 0.662. The van der Waals surface area contributed by atoms with Crippen LogP contribution in [0.5, 0.6) is 0 Å². The van der Waals surface area contributed by atoms with Gasteiger partial charge in [-0.05, 0) is 18.3 Å². The summed E-state index contributed by atoms with van der Waals surface area (Å²) in [6, 6.07) is 0. The highest BCUT2D eigenvalue weighted by molar-refractivity contribution is 6.03. The fourth-order valence-electron chi connectivity index (χ4n) is 2.08. The molecule has 1 saturated heterocycles. The van der Waals surface area contributed by atoms with E-state index < -0.39 is 0 Å². The molecule has 2 atom stereocenters. The molecule has 2 unspecified atom stereocenters. The minimum Gasteiger partial charge on any atom is -0.296 e. The average Bonchev–Trinajstić information content (AvgIpc) is 2.77. The SMILES string of the molecule is CC(CC1CC1)C1CC(=O)NC1=O. The highest BCUT2D eigenvalue weighted by Gasteiger charge is 2.36. The summed E-state index contributed by atoms with van der Waals surface area (Å²) < 4.78 is 0. The smallest absolute Gasteiger partial charge is 0.230 e. The van der Waals surface area contributed by atoms with Crippen molar-refractivity contribution in [1.82, 2.24) is 5.32 Å². The Morgan fingerprint density at radius 2 is 2.15 bits per heavy atom. The standard InChI is InChI=1S/C10H15NO2/c1-6(4-7-2-3-7)8-5-9(12)11-10(8)13/h6-8H,2-5H2,1H3,(H,11,12,13). The van der Waals surface area contributed by atoms with Gasteiger partial charge in [-0.3, -0.25) is 14.9 Å². The number of hydrogen-bond acceptors (Lipinski definition) is 2. The highest BCUT2D eigenvalue weighted by Crippen LogP contribution is 2.38. The first kappa shape index (κ1) is 8.73. The molecule has 3 nitrogen and oxygen atoms in total. The van der Waals surface area contributed by atoms with Gasteiger partial charge in [0.25, 0.3) is 0 Å². The van der Waals surface area contributed by atoms with E-state index >= 15 is 0 Å². The van der Waals surface area contributed by atoms with Crippen molar-refractivity contribution in [3.05, 3.63) is 0 Å². The minimum absolute atomic E-state index is 0.0481. The second-order valence-corrected chi connectivity index (χ2v) is 4.38. The van der Waals surface area contributed by atoms with Crippen molar-refractivity contribution in [3.8, 4) is 0 Å². The molecular weight excluding hydrogens is 166 g/mol. The van der Waals surface area contributed by atoms with Gasteiger partial charge < -0.3 is 0 Å². The number of rotatable bonds is 3. The van der Waals surface area contributed by atoms with Gasteiger partial charge in [-0.1, -0.05) is 19.8 Å². The number of nitrogens with one attached hydrogen (secondary N) is 1. The molecule has 0 radical (unpaired) electrons. The molecule has 2 aliphatic rings. The molecule has 13 heavy (non-hydrogen) atoms. The zero-order valence-corrected chi connectivity index (χ0v) is 7.88. The maximum absolute atomic E-state index is 11.3. The number of carbonyl (C=O) groups excluding carboxylic acids is 2. The van der Waals surface area contributed by atoms with Gasteiger partial charge in [-0.2, -0.15) is 0 Å². The van der Waals surface area contributed by atoms with Crippen molar-refractivity contribution in [3.63, 3.8) is 0 Å². The first-order valence-corrected chi connectivity index (χ1v) is 5.00. The second kappa shape index (κ2) is 3.13. The van der Waals surface area contributed by atoms with E-state index in [-0.39, 0.29) is 17.7 Å². The first-order valence-electron chi connectivity index (χ1n) is 5.00. The van der Waals surface area contributed by atoms with Crippen LogP contribution in [-0.4, -0.2) is 11.8 Å². The summed E-state index contributed by atoms with van der Waals surface area (Å²) in [6.07, 6.45) is 4.15. The zero-order valence-electron chi connectivity index (χ0n) is 7.88. The van der Waals surface area contributed by atoms with Crippen LogP contribution in [0.1, 0.15) is 32.6 Å². The Morgan fingerprint density at radius 1 is 1.46 bits per heavy atom.